The highest BCUT2D eigenvalue weighted by atomic mass is 32.2. The fourth-order valence-electron chi connectivity index (χ4n) is 3.00. The van der Waals surface area contributed by atoms with Gasteiger partial charge in [0.05, 0.1) is 18.9 Å². The van der Waals surface area contributed by atoms with E-state index in [9.17, 15) is 14.4 Å². The molecule has 0 radical (unpaired) electrons. The van der Waals surface area contributed by atoms with Crippen molar-refractivity contribution in [2.45, 2.75) is 17.8 Å². The summed E-state index contributed by atoms with van der Waals surface area (Å²) < 4.78 is 6.96. The summed E-state index contributed by atoms with van der Waals surface area (Å²) in [6, 6.07) is 9.21. The fourth-order valence-corrected chi connectivity index (χ4v) is 4.69. The lowest BCUT2D eigenvalue weighted by Crippen LogP contribution is -2.43. The Morgan fingerprint density at radius 1 is 1.30 bits per heavy atom. The van der Waals surface area contributed by atoms with Gasteiger partial charge in [-0.25, -0.2) is 4.79 Å². The minimum Gasteiger partial charge on any atom is -0.383 e. The van der Waals surface area contributed by atoms with Gasteiger partial charge in [-0.15, -0.1) is 10.2 Å². The Kier molecular flexibility index (Phi) is 8.63. The van der Waals surface area contributed by atoms with Gasteiger partial charge in [0.1, 0.15) is 5.82 Å². The number of aromatic amines is 1. The van der Waals surface area contributed by atoms with Crippen LogP contribution in [0.5, 0.6) is 0 Å². The van der Waals surface area contributed by atoms with Crippen LogP contribution in [0.15, 0.2) is 44.3 Å². The molecule has 176 valence electrons. The number of amides is 1. The summed E-state index contributed by atoms with van der Waals surface area (Å²) in [4.78, 5) is 41.8. The summed E-state index contributed by atoms with van der Waals surface area (Å²) in [7, 11) is 1.49. The van der Waals surface area contributed by atoms with Gasteiger partial charge in [-0.05, 0) is 12.5 Å². The van der Waals surface area contributed by atoms with E-state index in [0.29, 0.717) is 16.0 Å². The van der Waals surface area contributed by atoms with Crippen molar-refractivity contribution in [1.82, 2.24) is 19.7 Å². The molecular formula is C20H25N7O4S2. The zero-order valence-electron chi connectivity index (χ0n) is 18.2. The van der Waals surface area contributed by atoms with Crippen LogP contribution in [-0.4, -0.2) is 58.2 Å². The van der Waals surface area contributed by atoms with E-state index in [1.807, 2.05) is 37.3 Å². The fraction of sp³-hybridized carbons (Fsp3) is 0.350. The van der Waals surface area contributed by atoms with Gasteiger partial charge < -0.3 is 20.7 Å². The highest BCUT2D eigenvalue weighted by Crippen LogP contribution is 2.26. The van der Waals surface area contributed by atoms with E-state index in [-0.39, 0.29) is 42.9 Å². The first kappa shape index (κ1) is 24.5. The number of carbonyl (C=O) groups excluding carboxylic acids is 1. The van der Waals surface area contributed by atoms with E-state index < -0.39 is 11.2 Å². The number of H-pyrrole nitrogens is 1. The Bertz CT molecular complexity index is 1190. The van der Waals surface area contributed by atoms with Crippen LogP contribution in [0.4, 0.5) is 16.6 Å². The molecule has 0 unspecified atom stereocenters. The number of carbonyl (C=O) groups is 1. The topological polar surface area (TPSA) is 148 Å². The van der Waals surface area contributed by atoms with Crippen LogP contribution in [-0.2, 0) is 16.1 Å². The van der Waals surface area contributed by atoms with Crippen molar-refractivity contribution in [3.8, 4) is 0 Å². The molecule has 33 heavy (non-hydrogen) atoms. The number of nitrogen functional groups attached to an aromatic ring is 1. The molecule has 4 N–H and O–H groups in total. The van der Waals surface area contributed by atoms with Gasteiger partial charge in [0.25, 0.3) is 5.56 Å². The van der Waals surface area contributed by atoms with Gasteiger partial charge >= 0.3 is 5.69 Å². The number of hydrogen-bond acceptors (Lipinski definition) is 10. The van der Waals surface area contributed by atoms with E-state index in [1.54, 1.807) is 0 Å². The zero-order valence-corrected chi connectivity index (χ0v) is 19.9. The molecule has 0 saturated carbocycles. The lowest BCUT2D eigenvalue weighted by atomic mass is 10.2. The third kappa shape index (κ3) is 6.21. The van der Waals surface area contributed by atoms with Crippen LogP contribution < -0.4 is 27.2 Å². The standard InChI is InChI=1S/C20H25N7O4S2/c1-3-22-18-24-25-20(33-18)32-12-14(28)26(9-10-31-2)15-16(21)27(19(30)23-17(15)29)11-13-7-5-4-6-8-13/h4-8H,3,9-12,21H2,1-2H3,(H,22,24)(H,23,29,30). The molecule has 0 spiro atoms. The number of anilines is 3. The van der Waals surface area contributed by atoms with Crippen LogP contribution in [0.1, 0.15) is 12.5 Å². The Morgan fingerprint density at radius 3 is 2.76 bits per heavy atom. The SMILES string of the molecule is CCNc1nnc(SCC(=O)N(CCOC)c2c(N)n(Cc3ccccc3)c(=O)[nH]c2=O)s1. The molecule has 3 rings (SSSR count). The normalized spacial score (nSPS) is 10.8. The third-order valence-corrected chi connectivity index (χ3v) is 6.54. The number of hydrogen-bond donors (Lipinski definition) is 3. The molecule has 11 nitrogen and oxygen atoms in total. The first-order chi connectivity index (χ1) is 15.9. The van der Waals surface area contributed by atoms with Crippen LogP contribution in [0, 0.1) is 0 Å². The minimum atomic E-state index is -0.735. The van der Waals surface area contributed by atoms with Crippen molar-refractivity contribution in [3.05, 3.63) is 56.7 Å². The highest BCUT2D eigenvalue weighted by molar-refractivity contribution is 8.01. The van der Waals surface area contributed by atoms with Gasteiger partial charge in [-0.1, -0.05) is 53.4 Å². The lowest BCUT2D eigenvalue weighted by molar-refractivity contribution is -0.116. The number of nitrogens with two attached hydrogens (primary N) is 1. The molecule has 0 aliphatic carbocycles. The number of nitrogens with one attached hydrogen (secondary N) is 2. The smallest absolute Gasteiger partial charge is 0.330 e. The van der Waals surface area contributed by atoms with Crippen LogP contribution in [0.2, 0.25) is 0 Å². The quantitative estimate of drug-likeness (QED) is 0.337. The van der Waals surface area contributed by atoms with E-state index in [1.165, 1.54) is 39.7 Å². The van der Waals surface area contributed by atoms with Crippen LogP contribution in [0.3, 0.4) is 0 Å². The largest absolute Gasteiger partial charge is 0.383 e. The summed E-state index contributed by atoms with van der Waals surface area (Å²) in [6.45, 7) is 3.07. The van der Waals surface area contributed by atoms with Crippen molar-refractivity contribution in [2.24, 2.45) is 0 Å². The second-order valence-corrected chi connectivity index (χ2v) is 9.00. The number of benzene rings is 1. The maximum absolute atomic E-state index is 13.1. The molecule has 0 aliphatic rings. The molecule has 0 atom stereocenters. The third-order valence-electron chi connectivity index (χ3n) is 4.54. The van der Waals surface area contributed by atoms with Crippen molar-refractivity contribution in [2.75, 3.05) is 48.5 Å². The average Bonchev–Trinajstić information content (AvgIpc) is 3.25. The Hall–Kier alpha value is -3.16. The molecule has 0 aliphatic heterocycles. The predicted molar refractivity (Wildman–Crippen MR) is 130 cm³/mol. The van der Waals surface area contributed by atoms with Gasteiger partial charge in [-0.3, -0.25) is 19.1 Å². The number of thioether (sulfide) groups is 1. The second kappa shape index (κ2) is 11.6. The van der Waals surface area contributed by atoms with Crippen molar-refractivity contribution < 1.29 is 9.53 Å². The maximum atomic E-state index is 13.1. The first-order valence-electron chi connectivity index (χ1n) is 10.1. The molecular weight excluding hydrogens is 466 g/mol. The minimum absolute atomic E-state index is 0.00116. The van der Waals surface area contributed by atoms with E-state index in [0.717, 1.165) is 5.56 Å². The van der Waals surface area contributed by atoms with E-state index >= 15 is 0 Å². The van der Waals surface area contributed by atoms with Gasteiger partial charge in [-0.2, -0.15) is 0 Å². The molecule has 0 bridgehead atoms. The summed E-state index contributed by atoms with van der Waals surface area (Å²) in [5, 5.41) is 11.8. The molecule has 1 amide bonds. The van der Waals surface area contributed by atoms with Crippen molar-refractivity contribution in [3.63, 3.8) is 0 Å². The molecule has 2 aromatic heterocycles. The summed E-state index contributed by atoms with van der Waals surface area (Å²) in [5.74, 6) is -0.465. The van der Waals surface area contributed by atoms with Crippen molar-refractivity contribution >= 4 is 45.6 Å². The molecule has 2 heterocycles. The Morgan fingerprint density at radius 2 is 2.06 bits per heavy atom. The van der Waals surface area contributed by atoms with Gasteiger partial charge in [0.2, 0.25) is 11.0 Å². The molecule has 13 heteroatoms. The Balaban J connectivity index is 1.88. The number of aromatic nitrogens is 4. The molecule has 1 aromatic carbocycles. The maximum Gasteiger partial charge on any atom is 0.330 e. The first-order valence-corrected chi connectivity index (χ1v) is 11.9. The Labute approximate surface area is 198 Å². The van der Waals surface area contributed by atoms with Gasteiger partial charge in [0, 0.05) is 20.2 Å². The lowest BCUT2D eigenvalue weighted by Gasteiger charge is -2.24. The molecule has 3 aromatic rings. The predicted octanol–water partition coefficient (Wildman–Crippen LogP) is 1.22. The number of nitrogens with zero attached hydrogens (tertiary/aromatic N) is 4. The second-order valence-electron chi connectivity index (χ2n) is 6.80. The van der Waals surface area contributed by atoms with Crippen molar-refractivity contribution in [1.29, 1.82) is 0 Å². The molecule has 0 fully saturated rings. The van der Waals surface area contributed by atoms with Crippen LogP contribution in [0.25, 0.3) is 0 Å². The summed E-state index contributed by atoms with van der Waals surface area (Å²) >= 11 is 2.54. The number of rotatable bonds is 11. The van der Waals surface area contributed by atoms with Gasteiger partial charge in [0.15, 0.2) is 10.0 Å². The van der Waals surface area contributed by atoms with Crippen LogP contribution >= 0.6 is 23.1 Å². The summed E-state index contributed by atoms with van der Waals surface area (Å²) in [5.41, 5.74) is 5.61. The highest BCUT2D eigenvalue weighted by Gasteiger charge is 2.24. The zero-order chi connectivity index (χ0) is 23.8. The summed E-state index contributed by atoms with van der Waals surface area (Å²) in [6.07, 6.45) is 0. The number of methoxy groups -OCH3 is 1. The average molecular weight is 492 g/mol. The number of ether oxygens (including phenoxy) is 1. The molecule has 0 saturated heterocycles. The van der Waals surface area contributed by atoms with E-state index in [2.05, 4.69) is 20.5 Å². The van der Waals surface area contributed by atoms with E-state index in [4.69, 9.17) is 10.5 Å². The monoisotopic (exact) mass is 491 g/mol.